The first-order chi connectivity index (χ1) is 15.9. The fourth-order valence-corrected chi connectivity index (χ4v) is 3.18. The van der Waals surface area contributed by atoms with Crippen LogP contribution in [-0.2, 0) is 17.6 Å². The molecule has 34 heavy (non-hydrogen) atoms. The molecule has 0 radical (unpaired) electrons. The third-order valence-electron chi connectivity index (χ3n) is 4.70. The molecule has 0 aliphatic heterocycles. The Balaban J connectivity index is 2.06. The number of aryl methyl sites for hydroxylation is 2. The predicted octanol–water partition coefficient (Wildman–Crippen LogP) is 5.90. The van der Waals surface area contributed by atoms with Gasteiger partial charge >= 0.3 is 12.7 Å². The second-order valence-electron chi connectivity index (χ2n) is 7.26. The lowest BCUT2D eigenvalue weighted by atomic mass is 10.0. The zero-order chi connectivity index (χ0) is 25.4. The predicted molar refractivity (Wildman–Crippen MR) is 107 cm³/mol. The van der Waals surface area contributed by atoms with Crippen molar-refractivity contribution in [1.29, 1.82) is 0 Å². The Kier molecular flexibility index (Phi) is 9.92. The third kappa shape index (κ3) is 10.1. The van der Waals surface area contributed by atoms with E-state index < -0.39 is 44.3 Å². The molecule has 2 aromatic rings. The molecule has 2 aromatic carbocycles. The maximum absolute atomic E-state index is 13.0. The van der Waals surface area contributed by atoms with Gasteiger partial charge in [0.15, 0.2) is 0 Å². The van der Waals surface area contributed by atoms with Crippen LogP contribution in [0.4, 0.5) is 35.1 Å². The highest BCUT2D eigenvalue weighted by molar-refractivity contribution is 5.35. The van der Waals surface area contributed by atoms with Crippen molar-refractivity contribution in [3.63, 3.8) is 0 Å². The zero-order valence-electron chi connectivity index (χ0n) is 17.9. The molecule has 0 fully saturated rings. The summed E-state index contributed by atoms with van der Waals surface area (Å²) in [6, 6.07) is 10.2. The van der Waals surface area contributed by atoms with Crippen LogP contribution in [0.1, 0.15) is 17.5 Å². The largest absolute Gasteiger partial charge is 0.573 e. The molecule has 0 spiro atoms. The van der Waals surface area contributed by atoms with E-state index in [1.165, 1.54) is 25.2 Å². The van der Waals surface area contributed by atoms with Crippen LogP contribution < -0.4 is 14.8 Å². The van der Waals surface area contributed by atoms with E-state index >= 15 is 0 Å². The van der Waals surface area contributed by atoms with E-state index in [0.29, 0.717) is 11.1 Å². The van der Waals surface area contributed by atoms with Crippen LogP contribution in [0, 0.1) is 0 Å². The number of nitrogens with one attached hydrogen (secondary N) is 1. The van der Waals surface area contributed by atoms with Gasteiger partial charge in [-0.25, -0.2) is 8.78 Å². The van der Waals surface area contributed by atoms with Crippen LogP contribution in [-0.4, -0.2) is 45.0 Å². The normalized spacial score (nSPS) is 14.2. The van der Waals surface area contributed by atoms with Crippen LogP contribution in [0.25, 0.3) is 0 Å². The van der Waals surface area contributed by atoms with E-state index in [9.17, 15) is 35.1 Å². The summed E-state index contributed by atoms with van der Waals surface area (Å²) in [4.78, 5) is 0. The van der Waals surface area contributed by atoms with Gasteiger partial charge in [-0.15, -0.1) is 26.3 Å². The molecule has 1 N–H and O–H groups in total. The van der Waals surface area contributed by atoms with Crippen molar-refractivity contribution in [3.8, 4) is 11.5 Å². The SMILES string of the molecule is CNC(CC(COc1ccccc1CCc1cccc(OC(F)(F)F)c1)OC(F)(F)F)C(F)F. The van der Waals surface area contributed by atoms with Gasteiger partial charge in [0.1, 0.15) is 24.2 Å². The molecule has 4 nitrogen and oxygen atoms in total. The number of benzene rings is 2. The molecule has 0 aromatic heterocycles. The van der Waals surface area contributed by atoms with Crippen molar-refractivity contribution in [2.24, 2.45) is 0 Å². The Hall–Kier alpha value is -2.60. The van der Waals surface area contributed by atoms with E-state index in [2.05, 4.69) is 14.8 Å². The van der Waals surface area contributed by atoms with Crippen molar-refractivity contribution in [2.75, 3.05) is 13.7 Å². The monoisotopic (exact) mass is 501 g/mol. The van der Waals surface area contributed by atoms with Crippen molar-refractivity contribution in [3.05, 3.63) is 59.7 Å². The molecule has 0 saturated heterocycles. The molecule has 190 valence electrons. The van der Waals surface area contributed by atoms with Gasteiger partial charge in [0.25, 0.3) is 6.43 Å². The molecule has 0 bridgehead atoms. The van der Waals surface area contributed by atoms with Gasteiger partial charge in [-0.3, -0.25) is 4.74 Å². The molecule has 2 rings (SSSR count). The minimum absolute atomic E-state index is 0.207. The molecule has 2 atom stereocenters. The van der Waals surface area contributed by atoms with Crippen molar-refractivity contribution in [1.82, 2.24) is 5.32 Å². The maximum atomic E-state index is 13.0. The highest BCUT2D eigenvalue weighted by Crippen LogP contribution is 2.27. The second kappa shape index (κ2) is 12.2. The van der Waals surface area contributed by atoms with Gasteiger partial charge in [-0.05, 0) is 55.6 Å². The van der Waals surface area contributed by atoms with E-state index in [4.69, 9.17) is 4.74 Å². The fourth-order valence-electron chi connectivity index (χ4n) is 3.18. The smallest absolute Gasteiger partial charge is 0.491 e. The van der Waals surface area contributed by atoms with Crippen LogP contribution >= 0.6 is 0 Å². The number of hydrogen-bond donors (Lipinski definition) is 1. The summed E-state index contributed by atoms with van der Waals surface area (Å²) in [5.41, 5.74) is 1.10. The van der Waals surface area contributed by atoms with Crippen LogP contribution in [0.2, 0.25) is 0 Å². The number of halogens is 8. The summed E-state index contributed by atoms with van der Waals surface area (Å²) < 4.78 is 115. The molecular formula is C22H23F8NO3. The second-order valence-corrected chi connectivity index (χ2v) is 7.26. The Morgan fingerprint density at radius 2 is 1.59 bits per heavy atom. The average molecular weight is 501 g/mol. The van der Waals surface area contributed by atoms with Crippen LogP contribution in [0.5, 0.6) is 11.5 Å². The van der Waals surface area contributed by atoms with E-state index in [1.807, 2.05) is 0 Å². The number of ether oxygens (including phenoxy) is 3. The summed E-state index contributed by atoms with van der Waals surface area (Å²) in [6.45, 7) is -0.643. The minimum Gasteiger partial charge on any atom is -0.491 e. The Morgan fingerprint density at radius 1 is 0.882 bits per heavy atom. The number of alkyl halides is 8. The van der Waals surface area contributed by atoms with Gasteiger partial charge in [0, 0.05) is 0 Å². The maximum Gasteiger partial charge on any atom is 0.573 e. The summed E-state index contributed by atoms with van der Waals surface area (Å²) in [5, 5.41) is 2.25. The first-order valence-corrected chi connectivity index (χ1v) is 10.1. The van der Waals surface area contributed by atoms with Crippen molar-refractivity contribution < 1.29 is 49.3 Å². The topological polar surface area (TPSA) is 39.7 Å². The molecular weight excluding hydrogens is 478 g/mol. The quantitative estimate of drug-likeness (QED) is 0.368. The Bertz CT molecular complexity index is 889. The molecule has 0 heterocycles. The summed E-state index contributed by atoms with van der Waals surface area (Å²) in [7, 11) is 1.20. The lowest BCUT2D eigenvalue weighted by molar-refractivity contribution is -0.346. The lowest BCUT2D eigenvalue weighted by Crippen LogP contribution is -2.40. The molecule has 2 unspecified atom stereocenters. The standard InChI is InChI=1S/C22H23F8NO3/c1-31-18(20(23)24)12-17(34-22(28,29)30)13-32-19-8-3-2-6-15(19)10-9-14-5-4-7-16(11-14)33-21(25,26)27/h2-8,11,17-18,20,31H,9-10,12-13H2,1H3. The van der Waals surface area contributed by atoms with Gasteiger partial charge in [0.05, 0.1) is 6.04 Å². The summed E-state index contributed by atoms with van der Waals surface area (Å²) >= 11 is 0. The molecule has 0 aliphatic carbocycles. The van der Waals surface area contributed by atoms with Gasteiger partial charge in [-0.2, -0.15) is 0 Å². The van der Waals surface area contributed by atoms with E-state index in [0.717, 1.165) is 6.07 Å². The van der Waals surface area contributed by atoms with Crippen molar-refractivity contribution >= 4 is 0 Å². The lowest BCUT2D eigenvalue weighted by Gasteiger charge is -2.24. The first kappa shape index (κ1) is 27.6. The third-order valence-corrected chi connectivity index (χ3v) is 4.70. The van der Waals surface area contributed by atoms with Gasteiger partial charge < -0.3 is 14.8 Å². The number of rotatable bonds is 12. The average Bonchev–Trinajstić information content (AvgIpc) is 2.72. The summed E-state index contributed by atoms with van der Waals surface area (Å²) in [5.74, 6) is -0.168. The van der Waals surface area contributed by atoms with E-state index in [1.54, 1.807) is 24.3 Å². The summed E-state index contributed by atoms with van der Waals surface area (Å²) in [6.07, 6.45) is -14.6. The molecule has 0 saturated carbocycles. The zero-order valence-corrected chi connectivity index (χ0v) is 17.9. The highest BCUT2D eigenvalue weighted by Gasteiger charge is 2.36. The molecule has 0 amide bonds. The van der Waals surface area contributed by atoms with E-state index in [-0.39, 0.29) is 24.3 Å². The first-order valence-electron chi connectivity index (χ1n) is 10.1. The fraction of sp³-hybridized carbons (Fsp3) is 0.455. The minimum atomic E-state index is -5.04. The number of para-hydroxylation sites is 1. The number of hydrogen-bond acceptors (Lipinski definition) is 4. The molecule has 0 aliphatic rings. The Labute approximate surface area is 190 Å². The van der Waals surface area contributed by atoms with Crippen molar-refractivity contribution in [2.45, 2.75) is 50.6 Å². The molecule has 12 heteroatoms. The van der Waals surface area contributed by atoms with Gasteiger partial charge in [0.2, 0.25) is 0 Å². The Morgan fingerprint density at radius 3 is 2.21 bits per heavy atom. The van der Waals surface area contributed by atoms with Gasteiger partial charge in [-0.1, -0.05) is 30.3 Å². The highest BCUT2D eigenvalue weighted by atomic mass is 19.4. The van der Waals surface area contributed by atoms with Crippen LogP contribution in [0.3, 0.4) is 0 Å². The van der Waals surface area contributed by atoms with Crippen LogP contribution in [0.15, 0.2) is 48.5 Å².